The van der Waals surface area contributed by atoms with Crippen molar-refractivity contribution >= 4 is 22.7 Å². The number of hydrogen-bond acceptors (Lipinski definition) is 2. The van der Waals surface area contributed by atoms with E-state index in [2.05, 4.69) is 134 Å². The molecule has 0 saturated heterocycles. The van der Waals surface area contributed by atoms with E-state index in [4.69, 9.17) is 5.73 Å². The van der Waals surface area contributed by atoms with E-state index in [1.807, 2.05) is 6.07 Å². The lowest BCUT2D eigenvalue weighted by molar-refractivity contribution is 0.632. The third kappa shape index (κ3) is 3.59. The average Bonchev–Trinajstić information content (AvgIpc) is 2.90. The van der Waals surface area contributed by atoms with Crippen LogP contribution in [0.4, 0.5) is 22.7 Å². The molecular formula is C33H28N2. The normalized spacial score (nSPS) is 13.7. The molecule has 0 amide bonds. The minimum absolute atomic E-state index is 0.189. The zero-order chi connectivity index (χ0) is 24.0. The van der Waals surface area contributed by atoms with Crippen LogP contribution in [0.25, 0.3) is 22.3 Å². The summed E-state index contributed by atoms with van der Waals surface area (Å²) in [5.74, 6) is 0. The maximum absolute atomic E-state index is 6.29. The van der Waals surface area contributed by atoms with Crippen molar-refractivity contribution in [3.63, 3.8) is 0 Å². The highest BCUT2D eigenvalue weighted by Crippen LogP contribution is 2.53. The highest BCUT2D eigenvalue weighted by Gasteiger charge is 2.37. The molecule has 0 fully saturated rings. The lowest BCUT2D eigenvalue weighted by Crippen LogP contribution is -2.30. The highest BCUT2D eigenvalue weighted by molar-refractivity contribution is 5.88. The van der Waals surface area contributed by atoms with Gasteiger partial charge in [0.1, 0.15) is 0 Å². The second kappa shape index (κ2) is 8.18. The predicted octanol–water partition coefficient (Wildman–Crippen LogP) is 8.71. The number of nitrogens with two attached hydrogens (primary N) is 1. The van der Waals surface area contributed by atoms with E-state index in [1.165, 1.54) is 44.8 Å². The van der Waals surface area contributed by atoms with E-state index in [0.29, 0.717) is 0 Å². The molecule has 1 aliphatic heterocycles. The number of fused-ring (bicyclic) bond motifs is 2. The number of nitrogens with zero attached hydrogens (tertiary/aromatic N) is 1. The molecule has 170 valence electrons. The quantitative estimate of drug-likeness (QED) is 0.277. The van der Waals surface area contributed by atoms with Crippen molar-refractivity contribution in [2.75, 3.05) is 10.6 Å². The van der Waals surface area contributed by atoms with Crippen LogP contribution in [0.3, 0.4) is 0 Å². The van der Waals surface area contributed by atoms with Crippen LogP contribution in [0.5, 0.6) is 0 Å². The van der Waals surface area contributed by atoms with Gasteiger partial charge >= 0.3 is 0 Å². The molecule has 5 aromatic carbocycles. The third-order valence-electron chi connectivity index (χ3n) is 7.19. The summed E-state index contributed by atoms with van der Waals surface area (Å²) >= 11 is 0. The highest BCUT2D eigenvalue weighted by atomic mass is 15.2. The second-order valence-corrected chi connectivity index (χ2v) is 9.75. The van der Waals surface area contributed by atoms with E-state index < -0.39 is 0 Å². The Labute approximate surface area is 207 Å². The molecule has 0 atom stereocenters. The summed E-state index contributed by atoms with van der Waals surface area (Å²) in [4.78, 5) is 2.37. The maximum Gasteiger partial charge on any atom is 0.0504 e. The predicted molar refractivity (Wildman–Crippen MR) is 149 cm³/mol. The summed E-state index contributed by atoms with van der Waals surface area (Å²) in [6, 6.07) is 43.1. The Morgan fingerprint density at radius 2 is 1.00 bits per heavy atom. The summed E-state index contributed by atoms with van der Waals surface area (Å²) in [6.07, 6.45) is 0. The summed E-state index contributed by atoms with van der Waals surface area (Å²) in [5, 5.41) is 0. The van der Waals surface area contributed by atoms with E-state index in [0.717, 1.165) is 11.4 Å². The zero-order valence-corrected chi connectivity index (χ0v) is 20.1. The molecule has 2 nitrogen and oxygen atoms in total. The molecule has 6 rings (SSSR count). The van der Waals surface area contributed by atoms with Gasteiger partial charge in [-0.05, 0) is 75.8 Å². The van der Waals surface area contributed by atoms with Crippen molar-refractivity contribution in [3.05, 3.63) is 132 Å². The third-order valence-corrected chi connectivity index (χ3v) is 7.19. The van der Waals surface area contributed by atoms with Gasteiger partial charge in [-0.25, -0.2) is 0 Å². The summed E-state index contributed by atoms with van der Waals surface area (Å²) < 4.78 is 0. The summed E-state index contributed by atoms with van der Waals surface area (Å²) in [6.45, 7) is 4.60. The second-order valence-electron chi connectivity index (χ2n) is 9.75. The Kier molecular flexibility index (Phi) is 4.96. The van der Waals surface area contributed by atoms with Crippen LogP contribution in [0.15, 0.2) is 121 Å². The molecule has 5 aromatic rings. The number of benzene rings is 5. The van der Waals surface area contributed by atoms with E-state index in [9.17, 15) is 0 Å². The van der Waals surface area contributed by atoms with Crippen molar-refractivity contribution < 1.29 is 0 Å². The van der Waals surface area contributed by atoms with Crippen molar-refractivity contribution in [2.24, 2.45) is 0 Å². The molecule has 35 heavy (non-hydrogen) atoms. The van der Waals surface area contributed by atoms with Gasteiger partial charge in [-0.3, -0.25) is 0 Å². The van der Waals surface area contributed by atoms with Gasteiger partial charge in [0.2, 0.25) is 0 Å². The average molecular weight is 453 g/mol. The Balaban J connectivity index is 1.53. The zero-order valence-electron chi connectivity index (χ0n) is 20.1. The lowest BCUT2D eigenvalue weighted by atomic mass is 9.72. The molecule has 0 aromatic heterocycles. The van der Waals surface area contributed by atoms with Gasteiger partial charge in [0, 0.05) is 16.8 Å². The van der Waals surface area contributed by atoms with Gasteiger partial charge in [-0.2, -0.15) is 0 Å². The number of anilines is 4. The van der Waals surface area contributed by atoms with Gasteiger partial charge in [-0.1, -0.05) is 92.7 Å². The standard InChI is InChI=1S/C33H28N2/c1-33(2)29-21-26(24-11-7-4-8-12-24)15-19-31(29)35(32-20-16-27(34)22-30(32)33)28-17-13-25(14-18-28)23-9-5-3-6-10-23/h3-22H,34H2,1-2H3. The summed E-state index contributed by atoms with van der Waals surface area (Å²) in [5.41, 5.74) is 17.8. The van der Waals surface area contributed by atoms with E-state index in [1.54, 1.807) is 0 Å². The van der Waals surface area contributed by atoms with Crippen molar-refractivity contribution in [1.82, 2.24) is 0 Å². The van der Waals surface area contributed by atoms with Gasteiger partial charge in [0.15, 0.2) is 0 Å². The molecule has 0 saturated carbocycles. The van der Waals surface area contributed by atoms with Gasteiger partial charge < -0.3 is 10.6 Å². The fourth-order valence-corrected chi connectivity index (χ4v) is 5.28. The van der Waals surface area contributed by atoms with Crippen LogP contribution < -0.4 is 10.6 Å². The first-order valence-corrected chi connectivity index (χ1v) is 12.1. The number of nitrogen functional groups attached to an aromatic ring is 1. The molecule has 0 aliphatic carbocycles. The first-order chi connectivity index (χ1) is 17.0. The SMILES string of the molecule is CC1(C)c2cc(N)ccc2N(c2ccc(-c3ccccc3)cc2)c2ccc(-c3ccccc3)cc21. The van der Waals surface area contributed by atoms with Crippen molar-refractivity contribution in [3.8, 4) is 22.3 Å². The fourth-order valence-electron chi connectivity index (χ4n) is 5.28. The minimum atomic E-state index is -0.189. The Morgan fingerprint density at radius 3 is 1.63 bits per heavy atom. The van der Waals surface area contributed by atoms with Crippen LogP contribution in [0.2, 0.25) is 0 Å². The van der Waals surface area contributed by atoms with Gasteiger partial charge in [-0.15, -0.1) is 0 Å². The van der Waals surface area contributed by atoms with Crippen LogP contribution in [-0.4, -0.2) is 0 Å². The van der Waals surface area contributed by atoms with E-state index >= 15 is 0 Å². The first-order valence-electron chi connectivity index (χ1n) is 12.1. The van der Waals surface area contributed by atoms with Crippen molar-refractivity contribution in [1.29, 1.82) is 0 Å². The molecule has 0 bridgehead atoms. The van der Waals surface area contributed by atoms with Crippen LogP contribution in [-0.2, 0) is 5.41 Å². The van der Waals surface area contributed by atoms with Gasteiger partial charge in [0.05, 0.1) is 11.4 Å². The van der Waals surface area contributed by atoms with E-state index in [-0.39, 0.29) is 5.41 Å². The smallest absolute Gasteiger partial charge is 0.0504 e. The van der Waals surface area contributed by atoms with Crippen LogP contribution in [0.1, 0.15) is 25.0 Å². The Morgan fingerprint density at radius 1 is 0.514 bits per heavy atom. The van der Waals surface area contributed by atoms with Crippen molar-refractivity contribution in [2.45, 2.75) is 19.3 Å². The number of hydrogen-bond donors (Lipinski definition) is 1. The van der Waals surface area contributed by atoms with Crippen LogP contribution in [0, 0.1) is 0 Å². The largest absolute Gasteiger partial charge is 0.399 e. The van der Waals surface area contributed by atoms with Crippen LogP contribution >= 0.6 is 0 Å². The molecule has 2 N–H and O–H groups in total. The molecule has 1 heterocycles. The molecule has 2 heteroatoms. The minimum Gasteiger partial charge on any atom is -0.399 e. The molecule has 0 radical (unpaired) electrons. The Bertz CT molecular complexity index is 1500. The first kappa shape index (κ1) is 21.2. The van der Waals surface area contributed by atoms with Gasteiger partial charge in [0.25, 0.3) is 0 Å². The Hall–Kier alpha value is -4.30. The maximum atomic E-state index is 6.29. The molecule has 0 unspecified atom stereocenters. The summed E-state index contributed by atoms with van der Waals surface area (Å²) in [7, 11) is 0. The molecule has 0 spiro atoms. The fraction of sp³-hybridized carbons (Fsp3) is 0.0909. The topological polar surface area (TPSA) is 29.3 Å². The lowest BCUT2D eigenvalue weighted by Gasteiger charge is -2.42. The monoisotopic (exact) mass is 452 g/mol. The molecule has 1 aliphatic rings. The number of rotatable bonds is 3. The molecular weight excluding hydrogens is 424 g/mol.